The van der Waals surface area contributed by atoms with Crippen molar-refractivity contribution in [1.82, 2.24) is 5.32 Å². The number of rotatable bonds is 5. The first-order valence-corrected chi connectivity index (χ1v) is 11.1. The summed E-state index contributed by atoms with van der Waals surface area (Å²) in [6.45, 7) is 8.39. The maximum absolute atomic E-state index is 12.9. The standard InChI is InChI=1S/C26H28N2O5/c1-5-32-24(30)22-19(18-8-6-7-9-21(18)33-22)15-27-23(29)17-10-11-20-16(14-17)12-13-28(20)25(31)26(2,3)4/h6-11,14H,5,12-13,15H2,1-4H3,(H,27,29). The fraction of sp³-hybridized carbons (Fsp3) is 0.346. The normalized spacial score (nSPS) is 13.2. The van der Waals surface area contributed by atoms with E-state index in [0.29, 0.717) is 29.7 Å². The molecule has 33 heavy (non-hydrogen) atoms. The first-order chi connectivity index (χ1) is 15.7. The summed E-state index contributed by atoms with van der Waals surface area (Å²) in [4.78, 5) is 39.8. The number of hydrogen-bond donors (Lipinski definition) is 1. The Morgan fingerprint density at radius 1 is 1.12 bits per heavy atom. The molecule has 172 valence electrons. The van der Waals surface area contributed by atoms with Crippen LogP contribution in [0, 0.1) is 5.41 Å². The number of anilines is 1. The Labute approximate surface area is 192 Å². The Balaban J connectivity index is 1.54. The molecule has 2 heterocycles. The molecule has 0 bridgehead atoms. The first kappa shape index (κ1) is 22.6. The SMILES string of the molecule is CCOC(=O)c1oc2ccccc2c1CNC(=O)c1ccc2c(c1)CCN2C(=O)C(C)(C)C. The maximum atomic E-state index is 12.9. The molecule has 0 saturated heterocycles. The molecule has 4 rings (SSSR count). The van der Waals surface area contributed by atoms with E-state index in [0.717, 1.165) is 16.6 Å². The molecule has 1 aromatic heterocycles. The minimum atomic E-state index is -0.556. The molecule has 7 heteroatoms. The number of carbonyl (C=O) groups is 3. The first-order valence-electron chi connectivity index (χ1n) is 11.1. The molecule has 0 radical (unpaired) electrons. The zero-order valence-electron chi connectivity index (χ0n) is 19.4. The molecule has 0 fully saturated rings. The zero-order chi connectivity index (χ0) is 23.8. The van der Waals surface area contributed by atoms with E-state index in [1.54, 1.807) is 24.0 Å². The van der Waals surface area contributed by atoms with Crippen molar-refractivity contribution in [3.05, 3.63) is 64.9 Å². The third kappa shape index (κ3) is 4.35. The summed E-state index contributed by atoms with van der Waals surface area (Å²) in [7, 11) is 0. The second-order valence-corrected chi connectivity index (χ2v) is 9.11. The number of carbonyl (C=O) groups excluding carboxylic acids is 3. The molecular formula is C26H28N2O5. The Morgan fingerprint density at radius 3 is 2.61 bits per heavy atom. The number of hydrogen-bond acceptors (Lipinski definition) is 5. The third-order valence-electron chi connectivity index (χ3n) is 5.71. The lowest BCUT2D eigenvalue weighted by atomic mass is 9.94. The van der Waals surface area contributed by atoms with Gasteiger partial charge in [-0.2, -0.15) is 0 Å². The fourth-order valence-electron chi connectivity index (χ4n) is 4.07. The highest BCUT2D eigenvalue weighted by molar-refractivity contribution is 6.01. The lowest BCUT2D eigenvalue weighted by Crippen LogP contribution is -2.38. The molecule has 0 atom stereocenters. The second-order valence-electron chi connectivity index (χ2n) is 9.11. The Bertz CT molecular complexity index is 1240. The van der Waals surface area contributed by atoms with Gasteiger partial charge in [0.05, 0.1) is 6.61 Å². The minimum absolute atomic E-state index is 0.0665. The highest BCUT2D eigenvalue weighted by atomic mass is 16.5. The van der Waals surface area contributed by atoms with Crippen LogP contribution in [0.1, 0.15) is 59.7 Å². The van der Waals surface area contributed by atoms with E-state index < -0.39 is 11.4 Å². The lowest BCUT2D eigenvalue weighted by Gasteiger charge is -2.26. The number of furan rings is 1. The molecule has 1 aliphatic rings. The van der Waals surface area contributed by atoms with Crippen LogP contribution in [0.5, 0.6) is 0 Å². The van der Waals surface area contributed by atoms with Gasteiger partial charge in [-0.25, -0.2) is 4.79 Å². The van der Waals surface area contributed by atoms with Gasteiger partial charge in [-0.15, -0.1) is 0 Å². The average Bonchev–Trinajstić information content (AvgIpc) is 3.37. The highest BCUT2D eigenvalue weighted by Crippen LogP contribution is 2.33. The number of fused-ring (bicyclic) bond motifs is 2. The Morgan fingerprint density at radius 2 is 1.88 bits per heavy atom. The maximum Gasteiger partial charge on any atom is 0.374 e. The van der Waals surface area contributed by atoms with Crippen molar-refractivity contribution >= 4 is 34.4 Å². The molecule has 0 aliphatic carbocycles. The van der Waals surface area contributed by atoms with Gasteiger partial charge in [0, 0.05) is 40.7 Å². The van der Waals surface area contributed by atoms with Crippen molar-refractivity contribution in [1.29, 1.82) is 0 Å². The van der Waals surface area contributed by atoms with E-state index in [4.69, 9.17) is 9.15 Å². The van der Waals surface area contributed by atoms with E-state index in [2.05, 4.69) is 5.32 Å². The molecule has 0 spiro atoms. The van der Waals surface area contributed by atoms with Crippen LogP contribution < -0.4 is 10.2 Å². The number of benzene rings is 2. The molecule has 3 aromatic rings. The van der Waals surface area contributed by atoms with Gasteiger partial charge in [0.2, 0.25) is 11.7 Å². The van der Waals surface area contributed by atoms with Gasteiger partial charge in [0.25, 0.3) is 5.91 Å². The molecule has 7 nitrogen and oxygen atoms in total. The summed E-state index contributed by atoms with van der Waals surface area (Å²) >= 11 is 0. The number of amides is 2. The van der Waals surface area contributed by atoms with Crippen molar-refractivity contribution < 1.29 is 23.5 Å². The number of para-hydroxylation sites is 1. The van der Waals surface area contributed by atoms with E-state index in [1.807, 2.05) is 51.1 Å². The minimum Gasteiger partial charge on any atom is -0.460 e. The van der Waals surface area contributed by atoms with Gasteiger partial charge in [0.15, 0.2) is 0 Å². The summed E-state index contributed by atoms with van der Waals surface area (Å²) in [5.74, 6) is -0.655. The smallest absolute Gasteiger partial charge is 0.374 e. The van der Waals surface area contributed by atoms with Gasteiger partial charge in [-0.05, 0) is 43.2 Å². The summed E-state index contributed by atoms with van der Waals surface area (Å²) < 4.78 is 10.8. The zero-order valence-corrected chi connectivity index (χ0v) is 19.4. The third-order valence-corrected chi connectivity index (χ3v) is 5.71. The van der Waals surface area contributed by atoms with Crippen LogP contribution in [0.25, 0.3) is 11.0 Å². The summed E-state index contributed by atoms with van der Waals surface area (Å²) in [5.41, 5.74) is 3.01. The summed E-state index contributed by atoms with van der Waals surface area (Å²) in [6, 6.07) is 12.7. The van der Waals surface area contributed by atoms with Gasteiger partial charge >= 0.3 is 5.97 Å². The number of nitrogens with zero attached hydrogens (tertiary/aromatic N) is 1. The quantitative estimate of drug-likeness (QED) is 0.582. The van der Waals surface area contributed by atoms with Crippen molar-refractivity contribution in [3.63, 3.8) is 0 Å². The van der Waals surface area contributed by atoms with Gasteiger partial charge in [-0.1, -0.05) is 39.0 Å². The molecule has 2 amide bonds. The van der Waals surface area contributed by atoms with Gasteiger partial charge < -0.3 is 19.4 Å². The molecule has 2 aromatic carbocycles. The molecule has 1 aliphatic heterocycles. The van der Waals surface area contributed by atoms with Gasteiger partial charge in [0.1, 0.15) is 5.58 Å². The average molecular weight is 449 g/mol. The number of esters is 1. The Kier molecular flexibility index (Phi) is 5.97. The van der Waals surface area contributed by atoms with Crippen molar-refractivity contribution in [2.45, 2.75) is 40.7 Å². The van der Waals surface area contributed by atoms with Crippen LogP contribution in [0.4, 0.5) is 5.69 Å². The predicted molar refractivity (Wildman–Crippen MR) is 125 cm³/mol. The van der Waals surface area contributed by atoms with Crippen LogP contribution in [0.3, 0.4) is 0 Å². The van der Waals surface area contributed by atoms with Crippen LogP contribution in [0.15, 0.2) is 46.9 Å². The topological polar surface area (TPSA) is 88.8 Å². The number of nitrogens with one attached hydrogen (secondary N) is 1. The predicted octanol–water partition coefficient (Wildman–Crippen LogP) is 4.47. The van der Waals surface area contributed by atoms with Crippen LogP contribution in [0.2, 0.25) is 0 Å². The van der Waals surface area contributed by atoms with Crippen molar-refractivity contribution in [2.24, 2.45) is 5.41 Å². The monoisotopic (exact) mass is 448 g/mol. The fourth-order valence-corrected chi connectivity index (χ4v) is 4.07. The van der Waals surface area contributed by atoms with Crippen LogP contribution >= 0.6 is 0 Å². The van der Waals surface area contributed by atoms with E-state index in [9.17, 15) is 14.4 Å². The van der Waals surface area contributed by atoms with Crippen LogP contribution in [-0.2, 0) is 22.5 Å². The summed E-state index contributed by atoms with van der Waals surface area (Å²) in [6.07, 6.45) is 0.706. The lowest BCUT2D eigenvalue weighted by molar-refractivity contribution is -0.125. The van der Waals surface area contributed by atoms with E-state index in [-0.39, 0.29) is 30.7 Å². The number of ether oxygens (including phenoxy) is 1. The molecule has 0 unspecified atom stereocenters. The molecule has 0 saturated carbocycles. The van der Waals surface area contributed by atoms with Gasteiger partial charge in [-0.3, -0.25) is 9.59 Å². The second kappa shape index (κ2) is 8.73. The van der Waals surface area contributed by atoms with E-state index in [1.165, 1.54) is 0 Å². The largest absolute Gasteiger partial charge is 0.460 e. The van der Waals surface area contributed by atoms with Crippen molar-refractivity contribution in [2.75, 3.05) is 18.1 Å². The van der Waals surface area contributed by atoms with Crippen molar-refractivity contribution in [3.8, 4) is 0 Å². The highest BCUT2D eigenvalue weighted by Gasteiger charge is 2.32. The van der Waals surface area contributed by atoms with Crippen LogP contribution in [-0.4, -0.2) is 30.9 Å². The molecular weight excluding hydrogens is 420 g/mol. The van der Waals surface area contributed by atoms with E-state index >= 15 is 0 Å². The molecule has 1 N–H and O–H groups in total. The summed E-state index contributed by atoms with van der Waals surface area (Å²) in [5, 5.41) is 3.65. The Hall–Kier alpha value is -3.61.